The summed E-state index contributed by atoms with van der Waals surface area (Å²) in [5.74, 6) is 0. The Hall–Kier alpha value is -5.40. The molecule has 1 nitrogen and oxygen atoms in total. The van der Waals surface area contributed by atoms with E-state index in [9.17, 15) is 0 Å². The lowest BCUT2D eigenvalue weighted by molar-refractivity contribution is 0.669. The van der Waals surface area contributed by atoms with Crippen molar-refractivity contribution < 1.29 is 4.42 Å². The van der Waals surface area contributed by atoms with Crippen molar-refractivity contribution in [2.24, 2.45) is 0 Å². The summed E-state index contributed by atoms with van der Waals surface area (Å²) in [5.41, 5.74) is 9.42. The Labute approximate surface area is 249 Å². The van der Waals surface area contributed by atoms with Crippen molar-refractivity contribution in [2.75, 3.05) is 0 Å². The minimum atomic E-state index is 0.910. The van der Waals surface area contributed by atoms with E-state index in [1.807, 2.05) is 0 Å². The van der Waals surface area contributed by atoms with Crippen LogP contribution in [-0.4, -0.2) is 0 Å². The molecule has 0 unspecified atom stereocenters. The minimum Gasteiger partial charge on any atom is -0.456 e. The zero-order valence-corrected chi connectivity index (χ0v) is 24.1. The first-order valence-corrected chi connectivity index (χ1v) is 14.9. The van der Waals surface area contributed by atoms with Crippen molar-refractivity contribution in [2.45, 2.75) is 13.8 Å². The van der Waals surface area contributed by atoms with Crippen molar-refractivity contribution in [3.05, 3.63) is 145 Å². The van der Waals surface area contributed by atoms with Crippen molar-refractivity contribution in [3.8, 4) is 22.3 Å². The Bertz CT molecular complexity index is 2470. The molecule has 9 rings (SSSR count). The zero-order chi connectivity index (χ0) is 28.7. The van der Waals surface area contributed by atoms with Gasteiger partial charge in [-0.1, -0.05) is 115 Å². The van der Waals surface area contributed by atoms with Gasteiger partial charge in [0.2, 0.25) is 0 Å². The molecule has 0 atom stereocenters. The van der Waals surface area contributed by atoms with Crippen LogP contribution >= 0.6 is 0 Å². The van der Waals surface area contributed by atoms with Crippen molar-refractivity contribution in [1.29, 1.82) is 0 Å². The van der Waals surface area contributed by atoms with Gasteiger partial charge in [-0.25, -0.2) is 0 Å². The summed E-state index contributed by atoms with van der Waals surface area (Å²) in [5, 5.41) is 12.6. The summed E-state index contributed by atoms with van der Waals surface area (Å²) in [6.45, 7) is 4.48. The summed E-state index contributed by atoms with van der Waals surface area (Å²) >= 11 is 0. The summed E-state index contributed by atoms with van der Waals surface area (Å²) in [6, 6.07) is 48.5. The first-order chi connectivity index (χ1) is 21.2. The zero-order valence-electron chi connectivity index (χ0n) is 24.1. The van der Waals surface area contributed by atoms with Gasteiger partial charge in [0, 0.05) is 10.8 Å². The normalized spacial score (nSPS) is 12.0. The highest BCUT2D eigenvalue weighted by molar-refractivity contribution is 6.23. The predicted octanol–water partition coefficient (Wildman–Crippen LogP) is 12.1. The third-order valence-electron chi connectivity index (χ3n) is 9.45. The van der Waals surface area contributed by atoms with Crippen LogP contribution in [0.25, 0.3) is 87.3 Å². The number of hydrogen-bond acceptors (Lipinski definition) is 1. The van der Waals surface area contributed by atoms with Crippen LogP contribution in [0.2, 0.25) is 0 Å². The van der Waals surface area contributed by atoms with Gasteiger partial charge in [0.1, 0.15) is 11.2 Å². The molecule has 0 radical (unpaired) electrons. The molecule has 1 heteroatoms. The van der Waals surface area contributed by atoms with Crippen LogP contribution in [0.15, 0.2) is 138 Å². The van der Waals surface area contributed by atoms with E-state index in [1.165, 1.54) is 81.9 Å². The van der Waals surface area contributed by atoms with Gasteiger partial charge in [-0.15, -0.1) is 0 Å². The summed E-state index contributed by atoms with van der Waals surface area (Å²) < 4.78 is 6.55. The molecular formula is C42H28O. The molecule has 0 saturated carbocycles. The maximum atomic E-state index is 6.55. The second-order valence-corrected chi connectivity index (χ2v) is 11.7. The standard InChI is InChI=1S/C42H28O/c1-25-28-12-3-7-16-32(28)40(33-17-8-4-13-29(25)33)27-22-23-38-37(24-27)42-36(20-11-21-39(42)43-38)41-34-18-9-5-14-30(34)26(2)31-15-6-10-19-35(31)41/h3-24H,1-2H3. The SMILES string of the molecule is Cc1c2ccccc2c(-c2ccc3oc4cccc(-c5c6ccccc6c(C)c6ccccc56)c4c3c2)c2ccccc12. The molecule has 0 bridgehead atoms. The molecule has 202 valence electrons. The molecule has 8 aromatic carbocycles. The second kappa shape index (κ2) is 9.05. The molecule has 0 saturated heterocycles. The highest BCUT2D eigenvalue weighted by atomic mass is 16.3. The van der Waals surface area contributed by atoms with E-state index < -0.39 is 0 Å². The van der Waals surface area contributed by atoms with Gasteiger partial charge in [0.25, 0.3) is 0 Å². The minimum absolute atomic E-state index is 0.910. The third kappa shape index (κ3) is 3.40. The number of hydrogen-bond donors (Lipinski definition) is 0. The lowest BCUT2D eigenvalue weighted by Crippen LogP contribution is -1.90. The van der Waals surface area contributed by atoms with Gasteiger partial charge in [-0.2, -0.15) is 0 Å². The summed E-state index contributed by atoms with van der Waals surface area (Å²) in [4.78, 5) is 0. The maximum absolute atomic E-state index is 6.55. The van der Waals surface area contributed by atoms with Crippen LogP contribution in [0.1, 0.15) is 11.1 Å². The van der Waals surface area contributed by atoms with E-state index in [4.69, 9.17) is 4.42 Å². The van der Waals surface area contributed by atoms with Crippen molar-refractivity contribution in [3.63, 3.8) is 0 Å². The largest absolute Gasteiger partial charge is 0.456 e. The van der Waals surface area contributed by atoms with Crippen LogP contribution in [0.3, 0.4) is 0 Å². The van der Waals surface area contributed by atoms with E-state index >= 15 is 0 Å². The fourth-order valence-electron chi connectivity index (χ4n) is 7.48. The maximum Gasteiger partial charge on any atom is 0.136 e. The van der Waals surface area contributed by atoms with E-state index in [0.29, 0.717) is 0 Å². The highest BCUT2D eigenvalue weighted by Gasteiger charge is 2.20. The molecule has 0 N–H and O–H groups in total. The second-order valence-electron chi connectivity index (χ2n) is 11.7. The number of furan rings is 1. The van der Waals surface area contributed by atoms with Gasteiger partial charge in [-0.3, -0.25) is 0 Å². The predicted molar refractivity (Wildman–Crippen MR) is 184 cm³/mol. The molecule has 1 heterocycles. The van der Waals surface area contributed by atoms with Crippen LogP contribution in [0, 0.1) is 13.8 Å². The average molecular weight is 549 g/mol. The highest BCUT2D eigenvalue weighted by Crippen LogP contribution is 2.46. The van der Waals surface area contributed by atoms with Crippen LogP contribution < -0.4 is 0 Å². The lowest BCUT2D eigenvalue weighted by Gasteiger charge is -2.16. The summed E-state index contributed by atoms with van der Waals surface area (Å²) in [6.07, 6.45) is 0. The molecule has 0 aliphatic carbocycles. The fraction of sp³-hybridized carbons (Fsp3) is 0.0476. The van der Waals surface area contributed by atoms with E-state index in [2.05, 4.69) is 147 Å². The lowest BCUT2D eigenvalue weighted by atomic mass is 9.86. The molecule has 0 spiro atoms. The molecule has 9 aromatic rings. The Morgan fingerprint density at radius 2 is 0.837 bits per heavy atom. The van der Waals surface area contributed by atoms with E-state index in [-0.39, 0.29) is 0 Å². The fourth-order valence-corrected chi connectivity index (χ4v) is 7.48. The molecule has 0 amide bonds. The molecular weight excluding hydrogens is 520 g/mol. The van der Waals surface area contributed by atoms with Gasteiger partial charge in [0.15, 0.2) is 0 Å². The third-order valence-corrected chi connectivity index (χ3v) is 9.45. The van der Waals surface area contributed by atoms with Gasteiger partial charge < -0.3 is 4.42 Å². The smallest absolute Gasteiger partial charge is 0.136 e. The van der Waals surface area contributed by atoms with Crippen LogP contribution in [0.5, 0.6) is 0 Å². The van der Waals surface area contributed by atoms with Crippen LogP contribution in [0.4, 0.5) is 0 Å². The first-order valence-electron chi connectivity index (χ1n) is 14.9. The molecule has 0 aliphatic heterocycles. The Morgan fingerprint density at radius 1 is 0.372 bits per heavy atom. The van der Waals surface area contributed by atoms with Crippen LogP contribution in [-0.2, 0) is 0 Å². The van der Waals surface area contributed by atoms with Crippen molar-refractivity contribution in [1.82, 2.24) is 0 Å². The van der Waals surface area contributed by atoms with Gasteiger partial charge in [-0.05, 0) is 109 Å². The number of aryl methyl sites for hydroxylation is 2. The molecule has 43 heavy (non-hydrogen) atoms. The van der Waals surface area contributed by atoms with Crippen molar-refractivity contribution >= 4 is 65.0 Å². The Balaban J connectivity index is 1.42. The van der Waals surface area contributed by atoms with Gasteiger partial charge >= 0.3 is 0 Å². The average Bonchev–Trinajstić information content (AvgIpc) is 3.44. The van der Waals surface area contributed by atoms with Gasteiger partial charge in [0.05, 0.1) is 0 Å². The van der Waals surface area contributed by atoms with E-state index in [0.717, 1.165) is 16.6 Å². The Kier molecular flexibility index (Phi) is 5.10. The summed E-state index contributed by atoms with van der Waals surface area (Å²) in [7, 11) is 0. The molecule has 0 fully saturated rings. The monoisotopic (exact) mass is 548 g/mol. The molecule has 1 aromatic heterocycles. The Morgan fingerprint density at radius 3 is 1.35 bits per heavy atom. The topological polar surface area (TPSA) is 13.1 Å². The van der Waals surface area contributed by atoms with E-state index in [1.54, 1.807) is 0 Å². The molecule has 0 aliphatic rings. The quantitative estimate of drug-likeness (QED) is 0.196. The first kappa shape index (κ1) is 24.2. The number of benzene rings is 8. The number of fused-ring (bicyclic) bond motifs is 7. The number of rotatable bonds is 2.